The Morgan fingerprint density at radius 2 is 1.74 bits per heavy atom. The molecule has 7 heteroatoms. The standard InChI is InChI=1S/C20H30O7/c1-10-11(2)17-13(12(3)15(10)23)5-6-19(4,27-17)8-20(9-21)18(25)16(24)14(22)7-26-20/h14,16,18,21-25H,5-9H2,1-4H3/t14-,16-,18+,19?,20+/m1/s1. The molecule has 3 rings (SSSR count). The lowest BCUT2D eigenvalue weighted by Crippen LogP contribution is -2.65. The third-order valence-corrected chi connectivity index (χ3v) is 6.33. The van der Waals surface area contributed by atoms with Crippen molar-refractivity contribution in [3.05, 3.63) is 22.3 Å². The molecular formula is C20H30O7. The molecule has 0 amide bonds. The summed E-state index contributed by atoms with van der Waals surface area (Å²) in [7, 11) is 0. The van der Waals surface area contributed by atoms with Crippen LogP contribution < -0.4 is 4.74 Å². The van der Waals surface area contributed by atoms with E-state index in [1.54, 1.807) is 0 Å². The van der Waals surface area contributed by atoms with Crippen LogP contribution in [0.4, 0.5) is 0 Å². The van der Waals surface area contributed by atoms with Gasteiger partial charge < -0.3 is 35.0 Å². The molecule has 0 aliphatic carbocycles. The Bertz CT molecular complexity index is 734. The molecule has 1 fully saturated rings. The molecule has 2 aliphatic heterocycles. The summed E-state index contributed by atoms with van der Waals surface area (Å²) in [4.78, 5) is 0. The van der Waals surface area contributed by atoms with Crippen LogP contribution in [0.5, 0.6) is 11.5 Å². The zero-order valence-corrected chi connectivity index (χ0v) is 16.3. The number of phenols is 1. The van der Waals surface area contributed by atoms with Crippen LogP contribution in [0.25, 0.3) is 0 Å². The molecule has 0 saturated carbocycles. The van der Waals surface area contributed by atoms with E-state index in [-0.39, 0.29) is 18.8 Å². The highest BCUT2D eigenvalue weighted by Gasteiger charge is 2.53. The summed E-state index contributed by atoms with van der Waals surface area (Å²) in [5, 5.41) is 50.6. The van der Waals surface area contributed by atoms with Crippen LogP contribution >= 0.6 is 0 Å². The first-order valence-electron chi connectivity index (χ1n) is 9.35. The van der Waals surface area contributed by atoms with Crippen LogP contribution in [-0.4, -0.2) is 68.3 Å². The summed E-state index contributed by atoms with van der Waals surface area (Å²) in [6.07, 6.45) is -2.60. The van der Waals surface area contributed by atoms with Crippen molar-refractivity contribution in [2.75, 3.05) is 13.2 Å². The SMILES string of the molecule is Cc1c(C)c2c(c(C)c1O)CCC(C)(C[C@@]1(CO)OC[C@@H](O)[C@@H](O)[C@@H]1O)O2. The minimum Gasteiger partial charge on any atom is -0.507 e. The van der Waals surface area contributed by atoms with E-state index in [4.69, 9.17) is 9.47 Å². The predicted octanol–water partition coefficient (Wildman–Crippen LogP) is 0.635. The van der Waals surface area contributed by atoms with Crippen LogP contribution in [0, 0.1) is 20.8 Å². The van der Waals surface area contributed by atoms with E-state index in [9.17, 15) is 25.5 Å². The van der Waals surface area contributed by atoms with Crippen molar-refractivity contribution >= 4 is 0 Å². The maximum Gasteiger partial charge on any atom is 0.127 e. The second-order valence-electron chi connectivity index (χ2n) is 8.30. The lowest BCUT2D eigenvalue weighted by atomic mass is 9.76. The van der Waals surface area contributed by atoms with Gasteiger partial charge in [-0.05, 0) is 57.2 Å². The predicted molar refractivity (Wildman–Crippen MR) is 98.1 cm³/mol. The Morgan fingerprint density at radius 3 is 2.37 bits per heavy atom. The van der Waals surface area contributed by atoms with E-state index in [0.717, 1.165) is 28.0 Å². The zero-order valence-electron chi connectivity index (χ0n) is 16.3. The first kappa shape index (κ1) is 20.4. The monoisotopic (exact) mass is 382 g/mol. The summed E-state index contributed by atoms with van der Waals surface area (Å²) < 4.78 is 12.0. The molecule has 1 unspecified atom stereocenters. The maximum absolute atomic E-state index is 10.5. The van der Waals surface area contributed by atoms with Gasteiger partial charge in [-0.2, -0.15) is 0 Å². The van der Waals surface area contributed by atoms with Gasteiger partial charge in [0.25, 0.3) is 0 Å². The van der Waals surface area contributed by atoms with Crippen molar-refractivity contribution < 1.29 is 35.0 Å². The molecule has 5 N–H and O–H groups in total. The lowest BCUT2D eigenvalue weighted by molar-refractivity contribution is -0.259. The second-order valence-corrected chi connectivity index (χ2v) is 8.30. The molecule has 2 aliphatic rings. The van der Waals surface area contributed by atoms with Gasteiger partial charge in [0, 0.05) is 12.0 Å². The van der Waals surface area contributed by atoms with Crippen molar-refractivity contribution in [1.29, 1.82) is 0 Å². The van der Waals surface area contributed by atoms with E-state index in [0.29, 0.717) is 12.8 Å². The van der Waals surface area contributed by atoms with E-state index >= 15 is 0 Å². The average molecular weight is 382 g/mol. The Labute approximate surface area is 159 Å². The summed E-state index contributed by atoms with van der Waals surface area (Å²) >= 11 is 0. The van der Waals surface area contributed by atoms with Crippen LogP contribution in [0.15, 0.2) is 0 Å². The lowest BCUT2D eigenvalue weighted by Gasteiger charge is -2.49. The van der Waals surface area contributed by atoms with Crippen molar-refractivity contribution in [2.45, 2.75) is 76.5 Å². The number of hydrogen-bond acceptors (Lipinski definition) is 7. The highest BCUT2D eigenvalue weighted by atomic mass is 16.6. The zero-order chi connectivity index (χ0) is 20.1. The van der Waals surface area contributed by atoms with Gasteiger partial charge in [0.2, 0.25) is 0 Å². The smallest absolute Gasteiger partial charge is 0.127 e. The minimum absolute atomic E-state index is 0.152. The van der Waals surface area contributed by atoms with E-state index in [1.807, 2.05) is 27.7 Å². The molecule has 27 heavy (non-hydrogen) atoms. The number of aliphatic hydroxyl groups excluding tert-OH is 4. The number of aliphatic hydroxyl groups is 4. The van der Waals surface area contributed by atoms with Gasteiger partial charge in [-0.1, -0.05) is 0 Å². The highest BCUT2D eigenvalue weighted by molar-refractivity contribution is 5.58. The fourth-order valence-electron chi connectivity index (χ4n) is 4.36. The van der Waals surface area contributed by atoms with E-state index in [1.165, 1.54) is 0 Å². The van der Waals surface area contributed by atoms with Crippen molar-refractivity contribution in [2.24, 2.45) is 0 Å². The molecule has 7 nitrogen and oxygen atoms in total. The molecule has 0 radical (unpaired) electrons. The van der Waals surface area contributed by atoms with Crippen molar-refractivity contribution in [3.63, 3.8) is 0 Å². The van der Waals surface area contributed by atoms with Crippen LogP contribution in [0.2, 0.25) is 0 Å². The van der Waals surface area contributed by atoms with Gasteiger partial charge in [0.05, 0.1) is 13.2 Å². The summed E-state index contributed by atoms with van der Waals surface area (Å²) in [6.45, 7) is 6.82. The molecule has 0 bridgehead atoms. The molecule has 152 valence electrons. The molecule has 1 aromatic carbocycles. The fourth-order valence-corrected chi connectivity index (χ4v) is 4.36. The van der Waals surface area contributed by atoms with Gasteiger partial charge in [-0.3, -0.25) is 0 Å². The molecule has 5 atom stereocenters. The largest absolute Gasteiger partial charge is 0.507 e. The summed E-state index contributed by atoms with van der Waals surface area (Å²) in [5.74, 6) is 1.00. The number of ether oxygens (including phenoxy) is 2. The van der Waals surface area contributed by atoms with Crippen LogP contribution in [0.3, 0.4) is 0 Å². The Hall–Kier alpha value is -1.38. The molecule has 0 spiro atoms. The van der Waals surface area contributed by atoms with Gasteiger partial charge in [-0.25, -0.2) is 0 Å². The number of benzene rings is 1. The summed E-state index contributed by atoms with van der Waals surface area (Å²) in [6, 6.07) is 0. The Balaban J connectivity index is 1.93. The quantitative estimate of drug-likeness (QED) is 0.520. The van der Waals surface area contributed by atoms with E-state index < -0.39 is 36.1 Å². The van der Waals surface area contributed by atoms with Crippen molar-refractivity contribution in [1.82, 2.24) is 0 Å². The minimum atomic E-state index is -1.43. The van der Waals surface area contributed by atoms with Gasteiger partial charge in [0.15, 0.2) is 0 Å². The highest BCUT2D eigenvalue weighted by Crippen LogP contribution is 2.46. The Morgan fingerprint density at radius 1 is 1.07 bits per heavy atom. The van der Waals surface area contributed by atoms with Crippen LogP contribution in [0.1, 0.15) is 42.0 Å². The van der Waals surface area contributed by atoms with Gasteiger partial charge in [-0.15, -0.1) is 0 Å². The van der Waals surface area contributed by atoms with Crippen molar-refractivity contribution in [3.8, 4) is 11.5 Å². The molecular weight excluding hydrogens is 352 g/mol. The number of rotatable bonds is 3. The molecule has 1 aromatic rings. The number of phenolic OH excluding ortho intramolecular Hbond substituents is 1. The molecule has 2 heterocycles. The van der Waals surface area contributed by atoms with E-state index in [2.05, 4.69) is 0 Å². The number of aromatic hydroxyl groups is 1. The fraction of sp³-hybridized carbons (Fsp3) is 0.700. The van der Waals surface area contributed by atoms with Gasteiger partial charge >= 0.3 is 0 Å². The number of hydrogen-bond donors (Lipinski definition) is 5. The Kier molecular flexibility index (Phi) is 5.20. The third kappa shape index (κ3) is 3.21. The molecule has 1 saturated heterocycles. The third-order valence-electron chi connectivity index (χ3n) is 6.33. The van der Waals surface area contributed by atoms with Gasteiger partial charge in [0.1, 0.15) is 41.0 Å². The topological polar surface area (TPSA) is 120 Å². The normalized spacial score (nSPS) is 36.2. The molecule has 0 aromatic heterocycles. The second kappa shape index (κ2) is 6.90. The first-order chi connectivity index (χ1) is 12.5. The van der Waals surface area contributed by atoms with Crippen LogP contribution in [-0.2, 0) is 11.2 Å². The summed E-state index contributed by atoms with van der Waals surface area (Å²) in [5.41, 5.74) is 1.22. The number of fused-ring (bicyclic) bond motifs is 1. The maximum atomic E-state index is 10.5. The average Bonchev–Trinajstić information content (AvgIpc) is 2.65. The first-order valence-corrected chi connectivity index (χ1v) is 9.35.